The number of anilines is 2. The molecule has 0 saturated carbocycles. The SMILES string of the molecule is CCCCNc1nnc(SCC(=O)Nc2cccc3ncccc23)s1. The van der Waals surface area contributed by atoms with E-state index in [0.29, 0.717) is 5.75 Å². The Kier molecular flexibility index (Phi) is 6.19. The monoisotopic (exact) mass is 373 g/mol. The van der Waals surface area contributed by atoms with Gasteiger partial charge in [-0.2, -0.15) is 0 Å². The van der Waals surface area contributed by atoms with Crippen LogP contribution in [0, 0.1) is 0 Å². The lowest BCUT2D eigenvalue weighted by Gasteiger charge is -2.07. The van der Waals surface area contributed by atoms with Gasteiger partial charge in [-0.15, -0.1) is 10.2 Å². The standard InChI is InChI=1S/C17H19N5OS2/c1-2-3-9-19-16-21-22-17(25-16)24-11-15(23)20-14-8-4-7-13-12(14)6-5-10-18-13/h4-8,10H,2-3,9,11H2,1H3,(H,19,21)(H,20,23). The van der Waals surface area contributed by atoms with Crippen molar-refractivity contribution in [2.75, 3.05) is 22.9 Å². The highest BCUT2D eigenvalue weighted by Gasteiger charge is 2.10. The summed E-state index contributed by atoms with van der Waals surface area (Å²) in [5.41, 5.74) is 1.63. The molecule has 0 bridgehead atoms. The Labute approximate surface area is 154 Å². The second kappa shape index (κ2) is 8.77. The van der Waals surface area contributed by atoms with Crippen molar-refractivity contribution >= 4 is 50.7 Å². The van der Waals surface area contributed by atoms with Crippen molar-refractivity contribution in [2.45, 2.75) is 24.1 Å². The number of fused-ring (bicyclic) bond motifs is 1. The molecule has 0 aliphatic carbocycles. The molecule has 0 radical (unpaired) electrons. The summed E-state index contributed by atoms with van der Waals surface area (Å²) in [7, 11) is 0. The smallest absolute Gasteiger partial charge is 0.234 e. The Morgan fingerprint density at radius 3 is 3.04 bits per heavy atom. The summed E-state index contributed by atoms with van der Waals surface area (Å²) < 4.78 is 0.786. The van der Waals surface area contributed by atoms with E-state index in [4.69, 9.17) is 0 Å². The van der Waals surface area contributed by atoms with Gasteiger partial charge in [0.1, 0.15) is 0 Å². The molecule has 6 nitrogen and oxygen atoms in total. The number of carbonyl (C=O) groups is 1. The topological polar surface area (TPSA) is 79.8 Å². The summed E-state index contributed by atoms with van der Waals surface area (Å²) in [6, 6.07) is 9.50. The Bertz CT molecular complexity index is 846. The molecule has 0 unspecified atom stereocenters. The first-order valence-corrected chi connectivity index (χ1v) is 9.90. The van der Waals surface area contributed by atoms with Gasteiger partial charge in [-0.05, 0) is 30.7 Å². The van der Waals surface area contributed by atoms with Crippen molar-refractivity contribution in [1.82, 2.24) is 15.2 Å². The number of nitrogens with one attached hydrogen (secondary N) is 2. The number of rotatable bonds is 8. The van der Waals surface area contributed by atoms with Crippen molar-refractivity contribution in [3.05, 3.63) is 36.5 Å². The lowest BCUT2D eigenvalue weighted by molar-refractivity contribution is -0.113. The summed E-state index contributed by atoms with van der Waals surface area (Å²) in [5, 5.41) is 16.1. The van der Waals surface area contributed by atoms with Crippen molar-refractivity contribution in [1.29, 1.82) is 0 Å². The van der Waals surface area contributed by atoms with Crippen LogP contribution in [-0.4, -0.2) is 33.4 Å². The van der Waals surface area contributed by atoms with Crippen LogP contribution in [0.4, 0.5) is 10.8 Å². The normalized spacial score (nSPS) is 10.8. The predicted octanol–water partition coefficient (Wildman–Crippen LogP) is 4.03. The summed E-state index contributed by atoms with van der Waals surface area (Å²) >= 11 is 2.86. The molecule has 130 valence electrons. The van der Waals surface area contributed by atoms with Crippen molar-refractivity contribution in [3.8, 4) is 0 Å². The van der Waals surface area contributed by atoms with Gasteiger partial charge in [0.05, 0.1) is 17.0 Å². The highest BCUT2D eigenvalue weighted by Crippen LogP contribution is 2.26. The van der Waals surface area contributed by atoms with Crippen LogP contribution in [0.25, 0.3) is 10.9 Å². The van der Waals surface area contributed by atoms with Gasteiger partial charge in [-0.1, -0.05) is 42.5 Å². The maximum Gasteiger partial charge on any atom is 0.234 e. The van der Waals surface area contributed by atoms with Crippen molar-refractivity contribution in [3.63, 3.8) is 0 Å². The van der Waals surface area contributed by atoms with Gasteiger partial charge in [0.25, 0.3) is 0 Å². The number of benzene rings is 1. The first kappa shape index (κ1) is 17.6. The van der Waals surface area contributed by atoms with Crippen molar-refractivity contribution < 1.29 is 4.79 Å². The molecule has 8 heteroatoms. The van der Waals surface area contributed by atoms with E-state index in [0.717, 1.165) is 45.4 Å². The quantitative estimate of drug-likeness (QED) is 0.458. The zero-order chi connectivity index (χ0) is 17.5. The molecule has 25 heavy (non-hydrogen) atoms. The van der Waals surface area contributed by atoms with E-state index in [1.165, 1.54) is 23.1 Å². The summed E-state index contributed by atoms with van der Waals surface area (Å²) in [4.78, 5) is 16.5. The molecule has 2 aromatic heterocycles. The van der Waals surface area contributed by atoms with Gasteiger partial charge in [-0.25, -0.2) is 0 Å². The van der Waals surface area contributed by atoms with Crippen molar-refractivity contribution in [2.24, 2.45) is 0 Å². The van der Waals surface area contributed by atoms with E-state index in [1.807, 2.05) is 30.3 Å². The molecule has 1 amide bonds. The maximum atomic E-state index is 12.2. The van der Waals surface area contributed by atoms with Crippen LogP contribution < -0.4 is 10.6 Å². The van der Waals surface area contributed by atoms with E-state index >= 15 is 0 Å². The van der Waals surface area contributed by atoms with Gasteiger partial charge < -0.3 is 10.6 Å². The number of pyridine rings is 1. The fourth-order valence-electron chi connectivity index (χ4n) is 2.24. The average molecular weight is 374 g/mol. The number of unbranched alkanes of at least 4 members (excludes halogenated alkanes) is 1. The third kappa shape index (κ3) is 4.90. The summed E-state index contributed by atoms with van der Waals surface area (Å²) in [6.45, 7) is 3.04. The minimum atomic E-state index is -0.0722. The Hall–Kier alpha value is -2.19. The maximum absolute atomic E-state index is 12.2. The molecular formula is C17H19N5OS2. The van der Waals surface area contributed by atoms with Gasteiger partial charge in [0.2, 0.25) is 11.0 Å². The second-order valence-electron chi connectivity index (χ2n) is 5.37. The Morgan fingerprint density at radius 1 is 1.24 bits per heavy atom. The van der Waals surface area contributed by atoms with Crippen LogP contribution >= 0.6 is 23.1 Å². The summed E-state index contributed by atoms with van der Waals surface area (Å²) in [6.07, 6.45) is 3.98. The van der Waals surface area contributed by atoms with E-state index in [9.17, 15) is 4.79 Å². The largest absolute Gasteiger partial charge is 0.360 e. The highest BCUT2D eigenvalue weighted by atomic mass is 32.2. The molecular weight excluding hydrogens is 354 g/mol. The van der Waals surface area contributed by atoms with E-state index in [2.05, 4.69) is 32.7 Å². The number of hydrogen-bond donors (Lipinski definition) is 2. The summed E-state index contributed by atoms with van der Waals surface area (Å²) in [5.74, 6) is 0.220. The third-order valence-electron chi connectivity index (χ3n) is 3.46. The number of carbonyl (C=O) groups excluding carboxylic acids is 1. The molecule has 0 fully saturated rings. The van der Waals surface area contributed by atoms with Crippen LogP contribution in [0.5, 0.6) is 0 Å². The van der Waals surface area contributed by atoms with E-state index in [1.54, 1.807) is 6.20 Å². The number of nitrogens with zero attached hydrogens (tertiary/aromatic N) is 3. The zero-order valence-electron chi connectivity index (χ0n) is 13.9. The molecule has 2 heterocycles. The number of amides is 1. The molecule has 3 rings (SSSR count). The lowest BCUT2D eigenvalue weighted by Crippen LogP contribution is -2.14. The Balaban J connectivity index is 1.54. The van der Waals surface area contributed by atoms with Crippen LogP contribution in [0.1, 0.15) is 19.8 Å². The average Bonchev–Trinajstić information content (AvgIpc) is 3.08. The van der Waals surface area contributed by atoms with Gasteiger partial charge in [0.15, 0.2) is 4.34 Å². The molecule has 0 spiro atoms. The predicted molar refractivity (Wildman–Crippen MR) is 104 cm³/mol. The Morgan fingerprint density at radius 2 is 2.16 bits per heavy atom. The fourth-order valence-corrected chi connectivity index (χ4v) is 3.82. The first-order chi connectivity index (χ1) is 12.3. The molecule has 0 aliphatic heterocycles. The first-order valence-electron chi connectivity index (χ1n) is 8.10. The number of hydrogen-bond acceptors (Lipinski definition) is 7. The third-order valence-corrected chi connectivity index (χ3v) is 5.47. The molecule has 1 aromatic carbocycles. The van der Waals surface area contributed by atoms with Gasteiger partial charge >= 0.3 is 0 Å². The van der Waals surface area contributed by atoms with Gasteiger partial charge in [0, 0.05) is 18.1 Å². The molecule has 2 N–H and O–H groups in total. The number of aromatic nitrogens is 3. The van der Waals surface area contributed by atoms with E-state index < -0.39 is 0 Å². The molecule has 0 atom stereocenters. The van der Waals surface area contributed by atoms with Crippen LogP contribution in [-0.2, 0) is 4.79 Å². The zero-order valence-corrected chi connectivity index (χ0v) is 15.5. The lowest BCUT2D eigenvalue weighted by atomic mass is 10.2. The second-order valence-corrected chi connectivity index (χ2v) is 7.57. The minimum Gasteiger partial charge on any atom is -0.360 e. The van der Waals surface area contributed by atoms with Crippen LogP contribution in [0.15, 0.2) is 40.9 Å². The molecule has 0 aliphatic rings. The fraction of sp³-hybridized carbons (Fsp3) is 0.294. The molecule has 3 aromatic rings. The van der Waals surface area contributed by atoms with E-state index in [-0.39, 0.29) is 5.91 Å². The number of thioether (sulfide) groups is 1. The van der Waals surface area contributed by atoms with Crippen LogP contribution in [0.3, 0.4) is 0 Å². The minimum absolute atomic E-state index is 0.0722. The van der Waals surface area contributed by atoms with Gasteiger partial charge in [-0.3, -0.25) is 9.78 Å². The highest BCUT2D eigenvalue weighted by molar-refractivity contribution is 8.01. The van der Waals surface area contributed by atoms with Crippen LogP contribution in [0.2, 0.25) is 0 Å². The molecule has 0 saturated heterocycles.